The highest BCUT2D eigenvalue weighted by Crippen LogP contribution is 2.38. The molecule has 2 aliphatic heterocycles. The minimum Gasteiger partial charge on any atom is -0.372 e. The molecule has 0 amide bonds. The second-order valence-electron chi connectivity index (χ2n) is 11.7. The van der Waals surface area contributed by atoms with Crippen LogP contribution in [0.5, 0.6) is 0 Å². The molecule has 0 aromatic heterocycles. The van der Waals surface area contributed by atoms with E-state index in [1.165, 1.54) is 154 Å². The lowest BCUT2D eigenvalue weighted by atomic mass is 10.0. The Hall–Kier alpha value is 0.580. The first kappa shape index (κ1) is 33.8. The third-order valence-corrected chi connectivity index (χ3v) is 10.3. The molecule has 0 saturated carbocycles. The van der Waals surface area contributed by atoms with Crippen molar-refractivity contribution >= 4 is 24.1 Å². The van der Waals surface area contributed by atoms with E-state index >= 15 is 0 Å². The van der Waals surface area contributed by atoms with E-state index in [9.17, 15) is 0 Å². The third-order valence-electron chi connectivity index (χ3n) is 8.06. The average molecular weight is 559 g/mol. The number of unbranched alkanes of at least 4 members (excludes halogenated alkanes) is 20. The first-order chi connectivity index (χ1) is 18.3. The molecule has 0 aromatic rings. The lowest BCUT2D eigenvalue weighted by molar-refractivity contribution is 0.387. The molecular formula is C32H62O3S2. The molecule has 2 aliphatic rings. The largest absolute Gasteiger partial charge is 0.372 e. The van der Waals surface area contributed by atoms with Crippen molar-refractivity contribution < 1.29 is 13.1 Å². The van der Waals surface area contributed by atoms with E-state index in [-0.39, 0.29) is 0 Å². The Bertz CT molecular complexity index is 443. The van der Waals surface area contributed by atoms with Gasteiger partial charge in [-0.3, -0.25) is 0 Å². The maximum absolute atomic E-state index is 6.13. The molecule has 4 atom stereocenters. The van der Waals surface area contributed by atoms with E-state index in [1.54, 1.807) is 24.1 Å². The first-order valence-electron chi connectivity index (χ1n) is 16.6. The summed E-state index contributed by atoms with van der Waals surface area (Å²) in [5.74, 6) is 0. The molecule has 0 spiro atoms. The molecule has 2 saturated heterocycles. The fourth-order valence-electron chi connectivity index (χ4n) is 5.28. The van der Waals surface area contributed by atoms with Crippen LogP contribution >= 0.6 is 24.1 Å². The molecule has 3 nitrogen and oxygen atoms in total. The Kier molecular flexibility index (Phi) is 22.3. The highest BCUT2D eigenvalue weighted by atomic mass is 32.2. The van der Waals surface area contributed by atoms with Crippen molar-refractivity contribution in [2.45, 2.75) is 191 Å². The van der Waals surface area contributed by atoms with Crippen molar-refractivity contribution in [2.75, 3.05) is 13.2 Å². The standard InChI is InChI=1S/C32H62O3S2/c1-3-5-7-9-11-13-15-17-19-21-23-25-31(29-27-33-29)36-35-37-32(30-28-34-30)26-24-22-20-18-16-14-12-10-8-6-4-2/h29-32H,3-28H2,1-2H3. The average Bonchev–Trinajstić information content (AvgIpc) is 3.82. The van der Waals surface area contributed by atoms with Crippen LogP contribution in [0.2, 0.25) is 0 Å². The summed E-state index contributed by atoms with van der Waals surface area (Å²) in [6.45, 7) is 6.45. The SMILES string of the molecule is CCCCCCCCCCCCCC(SOSC(CCCCCCCCCCCCC)C1CO1)C1CO1. The summed E-state index contributed by atoms with van der Waals surface area (Å²) in [6, 6.07) is 0. The summed E-state index contributed by atoms with van der Waals surface area (Å²) in [4.78, 5) is 0. The monoisotopic (exact) mass is 558 g/mol. The smallest absolute Gasteiger partial charge is 0.0950 e. The van der Waals surface area contributed by atoms with Crippen LogP contribution in [-0.2, 0) is 13.1 Å². The van der Waals surface area contributed by atoms with E-state index in [2.05, 4.69) is 13.8 Å². The molecule has 5 heteroatoms. The van der Waals surface area contributed by atoms with Gasteiger partial charge >= 0.3 is 0 Å². The van der Waals surface area contributed by atoms with Crippen LogP contribution in [0.3, 0.4) is 0 Å². The molecule has 2 heterocycles. The minimum absolute atomic E-state index is 0.427. The molecule has 37 heavy (non-hydrogen) atoms. The molecule has 0 radical (unpaired) electrons. The van der Waals surface area contributed by atoms with Gasteiger partial charge in [0.05, 0.1) is 35.9 Å². The number of epoxide rings is 2. The van der Waals surface area contributed by atoms with Gasteiger partial charge in [0, 0.05) is 24.1 Å². The molecule has 0 aromatic carbocycles. The van der Waals surface area contributed by atoms with Gasteiger partial charge in [0.1, 0.15) is 0 Å². The van der Waals surface area contributed by atoms with Gasteiger partial charge in [-0.2, -0.15) is 0 Å². The number of hydrogen-bond donors (Lipinski definition) is 0. The minimum atomic E-state index is 0.427. The van der Waals surface area contributed by atoms with Crippen molar-refractivity contribution in [1.82, 2.24) is 0 Å². The van der Waals surface area contributed by atoms with Gasteiger partial charge in [-0.1, -0.05) is 155 Å². The zero-order chi connectivity index (χ0) is 26.2. The third kappa shape index (κ3) is 20.2. The summed E-state index contributed by atoms with van der Waals surface area (Å²) in [7, 11) is 0. The van der Waals surface area contributed by atoms with Gasteiger partial charge < -0.3 is 9.47 Å². The Morgan fingerprint density at radius 2 is 0.757 bits per heavy atom. The predicted octanol–water partition coefficient (Wildman–Crippen LogP) is 11.2. The maximum atomic E-state index is 6.13. The van der Waals surface area contributed by atoms with Crippen molar-refractivity contribution in [3.05, 3.63) is 0 Å². The summed E-state index contributed by atoms with van der Waals surface area (Å²) >= 11 is 3.38. The van der Waals surface area contributed by atoms with Gasteiger partial charge in [-0.25, -0.2) is 3.63 Å². The van der Waals surface area contributed by atoms with Crippen LogP contribution in [0.4, 0.5) is 0 Å². The summed E-state index contributed by atoms with van der Waals surface area (Å²) in [6.07, 6.45) is 34.2. The highest BCUT2D eigenvalue weighted by Gasteiger charge is 2.36. The Morgan fingerprint density at radius 1 is 0.486 bits per heavy atom. The van der Waals surface area contributed by atoms with E-state index in [1.807, 2.05) is 0 Å². The van der Waals surface area contributed by atoms with Gasteiger partial charge in [0.25, 0.3) is 0 Å². The van der Waals surface area contributed by atoms with Crippen molar-refractivity contribution in [1.29, 1.82) is 0 Å². The molecule has 0 N–H and O–H groups in total. The quantitative estimate of drug-likeness (QED) is 0.0497. The molecule has 220 valence electrons. The lowest BCUT2D eigenvalue weighted by Gasteiger charge is -2.16. The second kappa shape index (κ2) is 24.4. The number of ether oxygens (including phenoxy) is 2. The van der Waals surface area contributed by atoms with Gasteiger partial charge in [0.15, 0.2) is 0 Å². The van der Waals surface area contributed by atoms with Gasteiger partial charge in [-0.15, -0.1) is 0 Å². The van der Waals surface area contributed by atoms with Gasteiger partial charge in [0.2, 0.25) is 0 Å². The van der Waals surface area contributed by atoms with Crippen LogP contribution in [0, 0.1) is 0 Å². The molecule has 2 rings (SSSR count). The fraction of sp³-hybridized carbons (Fsp3) is 1.00. The van der Waals surface area contributed by atoms with E-state index in [4.69, 9.17) is 13.1 Å². The molecule has 4 unspecified atom stereocenters. The van der Waals surface area contributed by atoms with Crippen molar-refractivity contribution in [3.63, 3.8) is 0 Å². The Labute approximate surface area is 240 Å². The first-order valence-corrected chi connectivity index (χ1v) is 18.2. The lowest BCUT2D eigenvalue weighted by Crippen LogP contribution is -2.14. The van der Waals surface area contributed by atoms with Crippen LogP contribution in [0.1, 0.15) is 168 Å². The predicted molar refractivity (Wildman–Crippen MR) is 165 cm³/mol. The number of rotatable bonds is 30. The summed E-state index contributed by atoms with van der Waals surface area (Å²) in [5, 5.41) is 1.02. The topological polar surface area (TPSA) is 34.3 Å². The summed E-state index contributed by atoms with van der Waals surface area (Å²) < 4.78 is 17.4. The molecule has 0 bridgehead atoms. The van der Waals surface area contributed by atoms with E-state index < -0.39 is 0 Å². The zero-order valence-electron chi connectivity index (χ0n) is 24.7. The van der Waals surface area contributed by atoms with Crippen LogP contribution in [0.15, 0.2) is 0 Å². The van der Waals surface area contributed by atoms with Gasteiger partial charge in [-0.05, 0) is 12.8 Å². The van der Waals surface area contributed by atoms with Crippen molar-refractivity contribution in [3.8, 4) is 0 Å². The maximum Gasteiger partial charge on any atom is 0.0950 e. The van der Waals surface area contributed by atoms with Crippen molar-refractivity contribution in [2.24, 2.45) is 0 Å². The van der Waals surface area contributed by atoms with E-state index in [0.717, 1.165) is 13.2 Å². The van der Waals surface area contributed by atoms with Crippen LogP contribution < -0.4 is 0 Å². The Morgan fingerprint density at radius 3 is 1.03 bits per heavy atom. The number of hydrogen-bond acceptors (Lipinski definition) is 5. The molecular weight excluding hydrogens is 496 g/mol. The zero-order valence-corrected chi connectivity index (χ0v) is 26.4. The van der Waals surface area contributed by atoms with Crippen LogP contribution in [-0.4, -0.2) is 35.9 Å². The highest BCUT2D eigenvalue weighted by molar-refractivity contribution is 8.08. The molecule has 2 fully saturated rings. The van der Waals surface area contributed by atoms with Crippen LogP contribution in [0.25, 0.3) is 0 Å². The summed E-state index contributed by atoms with van der Waals surface area (Å²) in [5.41, 5.74) is 0. The van der Waals surface area contributed by atoms with E-state index in [0.29, 0.717) is 22.7 Å². The Balaban J connectivity index is 1.41. The normalized spacial score (nSPS) is 20.3. The second-order valence-corrected chi connectivity index (χ2v) is 13.9. The fourth-order valence-corrected chi connectivity index (χ4v) is 7.35. The molecule has 0 aliphatic carbocycles.